The van der Waals surface area contributed by atoms with Crippen molar-refractivity contribution < 1.29 is 9.73 Å². The highest BCUT2D eigenvalue weighted by molar-refractivity contribution is 5.73. The van der Waals surface area contributed by atoms with Crippen molar-refractivity contribution in [2.75, 3.05) is 0 Å². The lowest BCUT2D eigenvalue weighted by molar-refractivity contribution is 0.319. The summed E-state index contributed by atoms with van der Waals surface area (Å²) in [6.07, 6.45) is 4.33. The van der Waals surface area contributed by atoms with E-state index in [1.165, 1.54) is 0 Å². The van der Waals surface area contributed by atoms with Gasteiger partial charge in [0.25, 0.3) is 5.89 Å². The molecule has 0 aliphatic rings. The van der Waals surface area contributed by atoms with Gasteiger partial charge in [-0.1, -0.05) is 10.3 Å². The molecule has 70 valence electrons. The van der Waals surface area contributed by atoms with Gasteiger partial charge in [0.15, 0.2) is 0 Å². The molecule has 0 atom stereocenters. The SMILES string of the molecule is O/N=C\c1nc(-c2ccncc2)no1. The van der Waals surface area contributed by atoms with Crippen LogP contribution in [0.1, 0.15) is 5.89 Å². The molecule has 14 heavy (non-hydrogen) atoms. The molecule has 0 bridgehead atoms. The minimum Gasteiger partial charge on any atom is -0.411 e. The van der Waals surface area contributed by atoms with Crippen molar-refractivity contribution in [1.29, 1.82) is 0 Å². The molecule has 1 N–H and O–H groups in total. The van der Waals surface area contributed by atoms with Crippen LogP contribution in [-0.4, -0.2) is 26.5 Å². The Bertz CT molecular complexity index is 438. The Morgan fingerprint density at radius 1 is 1.36 bits per heavy atom. The number of pyridine rings is 1. The van der Waals surface area contributed by atoms with Crippen LogP contribution < -0.4 is 0 Å². The lowest BCUT2D eigenvalue weighted by Gasteiger charge is -1.89. The summed E-state index contributed by atoms with van der Waals surface area (Å²) in [4.78, 5) is 7.82. The summed E-state index contributed by atoms with van der Waals surface area (Å²) in [5.41, 5.74) is 0.793. The number of hydrogen-bond donors (Lipinski definition) is 1. The average molecular weight is 190 g/mol. The molecule has 0 aliphatic carbocycles. The van der Waals surface area contributed by atoms with E-state index in [1.54, 1.807) is 24.5 Å². The standard InChI is InChI=1S/C8H6N4O2/c13-10-5-7-11-8(12-14-7)6-1-3-9-4-2-6/h1-5,13H/b10-5-. The summed E-state index contributed by atoms with van der Waals surface area (Å²) in [6.45, 7) is 0. The van der Waals surface area contributed by atoms with Gasteiger partial charge in [-0.2, -0.15) is 4.98 Å². The third-order valence-electron chi connectivity index (χ3n) is 1.55. The van der Waals surface area contributed by atoms with E-state index in [-0.39, 0.29) is 5.89 Å². The molecule has 2 aromatic heterocycles. The van der Waals surface area contributed by atoms with Gasteiger partial charge in [-0.05, 0) is 12.1 Å². The van der Waals surface area contributed by atoms with Crippen molar-refractivity contribution in [1.82, 2.24) is 15.1 Å². The van der Waals surface area contributed by atoms with Crippen LogP contribution in [0.15, 0.2) is 34.2 Å². The van der Waals surface area contributed by atoms with Crippen LogP contribution in [0.25, 0.3) is 11.4 Å². The molecular formula is C8H6N4O2. The largest absolute Gasteiger partial charge is 0.411 e. The maximum atomic E-state index is 8.23. The fourth-order valence-electron chi connectivity index (χ4n) is 0.955. The maximum Gasteiger partial charge on any atom is 0.272 e. The third-order valence-corrected chi connectivity index (χ3v) is 1.55. The van der Waals surface area contributed by atoms with Crippen LogP contribution in [0, 0.1) is 0 Å². The zero-order valence-electron chi connectivity index (χ0n) is 7.03. The predicted octanol–water partition coefficient (Wildman–Crippen LogP) is 0.940. The smallest absolute Gasteiger partial charge is 0.272 e. The molecule has 0 fully saturated rings. The van der Waals surface area contributed by atoms with Gasteiger partial charge in [0.1, 0.15) is 6.21 Å². The molecule has 6 nitrogen and oxygen atoms in total. The second-order valence-corrected chi connectivity index (χ2v) is 2.44. The zero-order valence-corrected chi connectivity index (χ0v) is 7.03. The molecule has 0 aliphatic heterocycles. The molecule has 2 aromatic rings. The van der Waals surface area contributed by atoms with Crippen molar-refractivity contribution in [3.63, 3.8) is 0 Å². The molecular weight excluding hydrogens is 184 g/mol. The van der Waals surface area contributed by atoms with E-state index in [9.17, 15) is 0 Å². The summed E-state index contributed by atoms with van der Waals surface area (Å²) in [5, 5.41) is 14.7. The van der Waals surface area contributed by atoms with E-state index < -0.39 is 0 Å². The van der Waals surface area contributed by atoms with Gasteiger partial charge in [-0.15, -0.1) is 0 Å². The molecule has 2 heterocycles. The van der Waals surface area contributed by atoms with Crippen molar-refractivity contribution in [2.24, 2.45) is 5.16 Å². The number of oxime groups is 1. The van der Waals surface area contributed by atoms with Crippen LogP contribution in [-0.2, 0) is 0 Å². The lowest BCUT2D eigenvalue weighted by Crippen LogP contribution is -1.82. The number of nitrogens with zero attached hydrogens (tertiary/aromatic N) is 4. The molecule has 0 radical (unpaired) electrons. The average Bonchev–Trinajstić information content (AvgIpc) is 2.68. The summed E-state index contributed by atoms with van der Waals surface area (Å²) in [5.74, 6) is 0.585. The van der Waals surface area contributed by atoms with E-state index in [0.717, 1.165) is 11.8 Å². The predicted molar refractivity (Wildman–Crippen MR) is 46.9 cm³/mol. The summed E-state index contributed by atoms with van der Waals surface area (Å²) in [7, 11) is 0. The second-order valence-electron chi connectivity index (χ2n) is 2.44. The third kappa shape index (κ3) is 1.58. The zero-order chi connectivity index (χ0) is 9.80. The summed E-state index contributed by atoms with van der Waals surface area (Å²) in [6, 6.07) is 3.51. The second kappa shape index (κ2) is 3.65. The molecule has 0 aromatic carbocycles. The number of aromatic nitrogens is 3. The van der Waals surface area contributed by atoms with Crippen molar-refractivity contribution in [3.8, 4) is 11.4 Å². The molecule has 6 heteroatoms. The van der Waals surface area contributed by atoms with Crippen LogP contribution in [0.4, 0.5) is 0 Å². The van der Waals surface area contributed by atoms with Gasteiger partial charge in [0, 0.05) is 18.0 Å². The van der Waals surface area contributed by atoms with Crippen molar-refractivity contribution in [3.05, 3.63) is 30.4 Å². The quantitative estimate of drug-likeness (QED) is 0.432. The highest BCUT2D eigenvalue weighted by Gasteiger charge is 2.05. The highest BCUT2D eigenvalue weighted by atomic mass is 16.5. The maximum absolute atomic E-state index is 8.23. The van der Waals surface area contributed by atoms with Gasteiger partial charge in [0.2, 0.25) is 5.82 Å². The van der Waals surface area contributed by atoms with Gasteiger partial charge in [-0.25, -0.2) is 0 Å². The van der Waals surface area contributed by atoms with Crippen LogP contribution in [0.2, 0.25) is 0 Å². The Labute approximate surface area is 78.9 Å². The lowest BCUT2D eigenvalue weighted by atomic mass is 10.2. The Morgan fingerprint density at radius 3 is 2.86 bits per heavy atom. The van der Waals surface area contributed by atoms with E-state index in [2.05, 4.69) is 20.3 Å². The Morgan fingerprint density at radius 2 is 2.14 bits per heavy atom. The molecule has 0 saturated carbocycles. The van der Waals surface area contributed by atoms with Crippen LogP contribution >= 0.6 is 0 Å². The van der Waals surface area contributed by atoms with Gasteiger partial charge in [-0.3, -0.25) is 4.98 Å². The highest BCUT2D eigenvalue weighted by Crippen LogP contribution is 2.12. The molecule has 2 rings (SSSR count). The van der Waals surface area contributed by atoms with Crippen molar-refractivity contribution in [2.45, 2.75) is 0 Å². The monoisotopic (exact) mass is 190 g/mol. The Kier molecular flexibility index (Phi) is 2.18. The fourth-order valence-corrected chi connectivity index (χ4v) is 0.955. The van der Waals surface area contributed by atoms with Crippen LogP contribution in [0.5, 0.6) is 0 Å². The topological polar surface area (TPSA) is 84.4 Å². The van der Waals surface area contributed by atoms with Gasteiger partial charge < -0.3 is 9.73 Å². The first kappa shape index (κ1) is 8.36. The minimum atomic E-state index is 0.152. The van der Waals surface area contributed by atoms with Gasteiger partial charge in [0.05, 0.1) is 0 Å². The number of rotatable bonds is 2. The van der Waals surface area contributed by atoms with Crippen LogP contribution in [0.3, 0.4) is 0 Å². The summed E-state index contributed by atoms with van der Waals surface area (Å²) < 4.78 is 4.77. The van der Waals surface area contributed by atoms with E-state index in [4.69, 9.17) is 9.73 Å². The summed E-state index contributed by atoms with van der Waals surface area (Å²) >= 11 is 0. The van der Waals surface area contributed by atoms with Crippen molar-refractivity contribution >= 4 is 6.21 Å². The van der Waals surface area contributed by atoms with Gasteiger partial charge >= 0.3 is 0 Å². The van der Waals surface area contributed by atoms with E-state index in [0.29, 0.717) is 5.82 Å². The van der Waals surface area contributed by atoms with E-state index in [1.807, 2.05) is 0 Å². The molecule has 0 unspecified atom stereocenters. The first-order chi connectivity index (χ1) is 6.90. The first-order valence-corrected chi connectivity index (χ1v) is 3.81. The Balaban J connectivity index is 2.34. The fraction of sp³-hybridized carbons (Fsp3) is 0. The normalized spacial score (nSPS) is 10.9. The number of hydrogen-bond acceptors (Lipinski definition) is 6. The van der Waals surface area contributed by atoms with E-state index >= 15 is 0 Å². The minimum absolute atomic E-state index is 0.152. The molecule has 0 spiro atoms. The Hall–Kier alpha value is -2.24. The molecule has 0 saturated heterocycles. The first-order valence-electron chi connectivity index (χ1n) is 3.81. The molecule has 0 amide bonds.